The molecule has 1 amide bonds. The summed E-state index contributed by atoms with van der Waals surface area (Å²) in [5.41, 5.74) is 0. The van der Waals surface area contributed by atoms with E-state index in [1.54, 1.807) is 40.9 Å². The molecule has 0 aliphatic rings. The van der Waals surface area contributed by atoms with Crippen LogP contribution in [0, 0.1) is 5.82 Å². The zero-order chi connectivity index (χ0) is 16.7. The number of para-hydroxylation sites is 1. The fourth-order valence-corrected chi connectivity index (χ4v) is 2.85. The maximum absolute atomic E-state index is 12.9. The van der Waals surface area contributed by atoms with Crippen molar-refractivity contribution in [3.63, 3.8) is 0 Å². The number of amides is 1. The van der Waals surface area contributed by atoms with Gasteiger partial charge in [-0.2, -0.15) is 0 Å². The molecule has 2 aromatic carbocycles. The topological polar surface area (TPSA) is 29.5 Å². The molecule has 0 saturated carbocycles. The predicted molar refractivity (Wildman–Crippen MR) is 91.4 cm³/mol. The van der Waals surface area contributed by atoms with Crippen LogP contribution < -0.4 is 4.74 Å². The van der Waals surface area contributed by atoms with Gasteiger partial charge in [0.1, 0.15) is 11.6 Å². The summed E-state index contributed by atoms with van der Waals surface area (Å²) in [5.74, 6) is 1.01. The van der Waals surface area contributed by atoms with Gasteiger partial charge >= 0.3 is 6.09 Å². The summed E-state index contributed by atoms with van der Waals surface area (Å²) in [5, 5.41) is 0. The molecule has 122 valence electrons. The number of hydrogen-bond acceptors (Lipinski definition) is 3. The lowest BCUT2D eigenvalue weighted by atomic mass is 10.3. The summed E-state index contributed by atoms with van der Waals surface area (Å²) in [4.78, 5) is 14.9. The fraction of sp³-hybridized carbons (Fsp3) is 0.278. The van der Waals surface area contributed by atoms with Crippen molar-refractivity contribution >= 4 is 17.9 Å². The minimum absolute atomic E-state index is 0.0417. The predicted octanol–water partition coefficient (Wildman–Crippen LogP) is 4.83. The summed E-state index contributed by atoms with van der Waals surface area (Å²) in [7, 11) is 0. The smallest absolute Gasteiger partial charge is 0.410 e. The van der Waals surface area contributed by atoms with E-state index in [4.69, 9.17) is 4.74 Å². The van der Waals surface area contributed by atoms with Crippen molar-refractivity contribution in [3.05, 3.63) is 60.4 Å². The molecular weight excluding hydrogens is 313 g/mol. The van der Waals surface area contributed by atoms with Crippen LogP contribution in [0.1, 0.15) is 13.8 Å². The van der Waals surface area contributed by atoms with E-state index in [0.29, 0.717) is 18.0 Å². The van der Waals surface area contributed by atoms with Crippen molar-refractivity contribution in [2.45, 2.75) is 24.8 Å². The summed E-state index contributed by atoms with van der Waals surface area (Å²) >= 11 is 1.58. The number of carbonyl (C=O) groups is 1. The third-order valence-corrected chi connectivity index (χ3v) is 4.21. The first kappa shape index (κ1) is 17.3. The van der Waals surface area contributed by atoms with E-state index in [1.807, 2.05) is 32.0 Å². The van der Waals surface area contributed by atoms with E-state index in [9.17, 15) is 9.18 Å². The number of benzene rings is 2. The maximum Gasteiger partial charge on any atom is 0.415 e. The van der Waals surface area contributed by atoms with Crippen molar-refractivity contribution in [2.75, 3.05) is 12.3 Å². The number of hydrogen-bond donors (Lipinski definition) is 0. The Bertz CT molecular complexity index is 617. The third kappa shape index (κ3) is 5.60. The average molecular weight is 333 g/mol. The van der Waals surface area contributed by atoms with E-state index >= 15 is 0 Å². The molecule has 0 heterocycles. The Balaban J connectivity index is 1.88. The molecule has 3 nitrogen and oxygen atoms in total. The Morgan fingerprint density at radius 3 is 2.39 bits per heavy atom. The van der Waals surface area contributed by atoms with E-state index in [-0.39, 0.29) is 18.0 Å². The van der Waals surface area contributed by atoms with Crippen molar-refractivity contribution in [3.8, 4) is 5.75 Å². The van der Waals surface area contributed by atoms with E-state index in [0.717, 1.165) is 4.90 Å². The number of thioether (sulfide) groups is 1. The fourth-order valence-electron chi connectivity index (χ4n) is 2.00. The second kappa shape index (κ2) is 8.58. The molecule has 0 fully saturated rings. The zero-order valence-corrected chi connectivity index (χ0v) is 14.1. The Labute approximate surface area is 140 Å². The second-order valence-corrected chi connectivity index (χ2v) is 6.44. The average Bonchev–Trinajstić information content (AvgIpc) is 2.53. The normalized spacial score (nSPS) is 10.6. The number of rotatable bonds is 6. The minimum Gasteiger partial charge on any atom is -0.410 e. The highest BCUT2D eigenvalue weighted by molar-refractivity contribution is 7.99. The Hall–Kier alpha value is -2.01. The van der Waals surface area contributed by atoms with Gasteiger partial charge in [0.15, 0.2) is 0 Å². The van der Waals surface area contributed by atoms with Crippen LogP contribution in [-0.2, 0) is 0 Å². The van der Waals surface area contributed by atoms with Gasteiger partial charge in [-0.3, -0.25) is 0 Å². The van der Waals surface area contributed by atoms with Crippen molar-refractivity contribution < 1.29 is 13.9 Å². The van der Waals surface area contributed by atoms with Crippen LogP contribution in [0.4, 0.5) is 9.18 Å². The van der Waals surface area contributed by atoms with E-state index in [2.05, 4.69) is 0 Å². The molecule has 0 saturated heterocycles. The van der Waals surface area contributed by atoms with Gasteiger partial charge < -0.3 is 9.64 Å². The van der Waals surface area contributed by atoms with Crippen LogP contribution in [0.5, 0.6) is 5.75 Å². The van der Waals surface area contributed by atoms with Gasteiger partial charge in [0.25, 0.3) is 0 Å². The van der Waals surface area contributed by atoms with Gasteiger partial charge in [0, 0.05) is 23.2 Å². The van der Waals surface area contributed by atoms with Crippen LogP contribution in [0.15, 0.2) is 59.5 Å². The molecule has 2 aromatic rings. The molecule has 0 bridgehead atoms. The van der Waals surface area contributed by atoms with Crippen molar-refractivity contribution in [1.82, 2.24) is 4.90 Å². The molecule has 0 aliphatic heterocycles. The molecule has 0 atom stereocenters. The monoisotopic (exact) mass is 333 g/mol. The zero-order valence-electron chi connectivity index (χ0n) is 13.2. The van der Waals surface area contributed by atoms with Gasteiger partial charge in [-0.25, -0.2) is 9.18 Å². The number of halogens is 1. The van der Waals surface area contributed by atoms with Gasteiger partial charge in [0.2, 0.25) is 0 Å². The first-order chi connectivity index (χ1) is 11.1. The summed E-state index contributed by atoms with van der Waals surface area (Å²) in [6, 6.07) is 15.4. The van der Waals surface area contributed by atoms with Crippen LogP contribution in [0.3, 0.4) is 0 Å². The highest BCUT2D eigenvalue weighted by Gasteiger charge is 2.18. The van der Waals surface area contributed by atoms with E-state index < -0.39 is 0 Å². The second-order valence-electron chi connectivity index (χ2n) is 5.27. The van der Waals surface area contributed by atoms with Gasteiger partial charge in [0.05, 0.1) is 0 Å². The van der Waals surface area contributed by atoms with Crippen molar-refractivity contribution in [1.29, 1.82) is 0 Å². The molecule has 23 heavy (non-hydrogen) atoms. The quantitative estimate of drug-likeness (QED) is 0.709. The van der Waals surface area contributed by atoms with Crippen LogP contribution >= 0.6 is 11.8 Å². The first-order valence-corrected chi connectivity index (χ1v) is 8.46. The maximum atomic E-state index is 12.9. The molecule has 0 unspecified atom stereocenters. The SMILES string of the molecule is CC(C)N(CCSc1ccc(F)cc1)C(=O)Oc1ccccc1. The lowest BCUT2D eigenvalue weighted by Crippen LogP contribution is -2.40. The molecule has 0 N–H and O–H groups in total. The largest absolute Gasteiger partial charge is 0.415 e. The lowest BCUT2D eigenvalue weighted by molar-refractivity contribution is 0.142. The summed E-state index contributed by atoms with van der Waals surface area (Å²) in [6.07, 6.45) is -0.356. The summed E-state index contributed by atoms with van der Waals surface area (Å²) in [6.45, 7) is 4.47. The lowest BCUT2D eigenvalue weighted by Gasteiger charge is -2.25. The molecule has 0 radical (unpaired) electrons. The third-order valence-electron chi connectivity index (χ3n) is 3.22. The number of carbonyl (C=O) groups excluding carboxylic acids is 1. The molecule has 0 aromatic heterocycles. The Kier molecular flexibility index (Phi) is 6.47. The van der Waals surface area contributed by atoms with Gasteiger partial charge in [-0.1, -0.05) is 18.2 Å². The molecule has 5 heteroatoms. The molecular formula is C18H20FNO2S. The van der Waals surface area contributed by atoms with Gasteiger partial charge in [-0.05, 0) is 50.2 Å². The Morgan fingerprint density at radius 2 is 1.78 bits per heavy atom. The molecule has 2 rings (SSSR count). The molecule has 0 spiro atoms. The minimum atomic E-state index is -0.356. The Morgan fingerprint density at radius 1 is 1.13 bits per heavy atom. The standard InChI is InChI=1S/C18H20FNO2S/c1-14(2)20(18(21)22-16-6-4-3-5-7-16)12-13-23-17-10-8-15(19)9-11-17/h3-11,14H,12-13H2,1-2H3. The number of nitrogens with zero attached hydrogens (tertiary/aromatic N) is 1. The highest BCUT2D eigenvalue weighted by Crippen LogP contribution is 2.19. The van der Waals surface area contributed by atoms with Crippen LogP contribution in [0.2, 0.25) is 0 Å². The van der Waals surface area contributed by atoms with Crippen molar-refractivity contribution in [2.24, 2.45) is 0 Å². The molecule has 0 aliphatic carbocycles. The summed E-state index contributed by atoms with van der Waals surface area (Å²) < 4.78 is 18.3. The van der Waals surface area contributed by atoms with E-state index in [1.165, 1.54) is 12.1 Å². The van der Waals surface area contributed by atoms with Crippen LogP contribution in [0.25, 0.3) is 0 Å². The van der Waals surface area contributed by atoms with Crippen LogP contribution in [-0.4, -0.2) is 29.3 Å². The first-order valence-electron chi connectivity index (χ1n) is 7.48. The highest BCUT2D eigenvalue weighted by atomic mass is 32.2. The number of ether oxygens (including phenoxy) is 1. The van der Waals surface area contributed by atoms with Gasteiger partial charge in [-0.15, -0.1) is 11.8 Å².